The Morgan fingerprint density at radius 1 is 1.30 bits per heavy atom. The van der Waals surface area contributed by atoms with Gasteiger partial charge < -0.3 is 5.73 Å². The third-order valence-electron chi connectivity index (χ3n) is 4.40. The van der Waals surface area contributed by atoms with Gasteiger partial charge in [-0.2, -0.15) is 0 Å². The van der Waals surface area contributed by atoms with Crippen molar-refractivity contribution in [2.24, 2.45) is 11.7 Å². The monoisotopic (exact) mass is 269 g/mol. The fourth-order valence-electron chi connectivity index (χ4n) is 2.95. The summed E-state index contributed by atoms with van der Waals surface area (Å²) in [6.45, 7) is 7.43. The van der Waals surface area contributed by atoms with Crippen LogP contribution in [0.4, 0.5) is 0 Å². The Morgan fingerprint density at radius 2 is 2.15 bits per heavy atom. The lowest BCUT2D eigenvalue weighted by molar-refractivity contribution is 0.162. The second-order valence-electron chi connectivity index (χ2n) is 6.14. The van der Waals surface area contributed by atoms with Crippen LogP contribution >= 0.6 is 0 Å². The molecule has 0 aliphatic carbocycles. The molecule has 2 N–H and O–H groups in total. The average Bonchev–Trinajstić information content (AvgIpc) is 2.43. The number of nitrogens with zero attached hydrogens (tertiary/aromatic N) is 2. The Morgan fingerprint density at radius 3 is 2.95 bits per heavy atom. The number of nitrogens with two attached hydrogens (primary N) is 1. The number of hydrogen-bond acceptors (Lipinski definition) is 3. The number of aryl methyl sites for hydroxylation is 1. The van der Waals surface area contributed by atoms with E-state index in [1.807, 2.05) is 6.92 Å². The molecule has 0 spiro atoms. The van der Waals surface area contributed by atoms with Gasteiger partial charge in [0.15, 0.2) is 0 Å². The summed E-state index contributed by atoms with van der Waals surface area (Å²) in [7, 11) is 0. The van der Waals surface area contributed by atoms with Crippen molar-refractivity contribution in [1.29, 1.82) is 0 Å². The van der Waals surface area contributed by atoms with E-state index in [0.29, 0.717) is 12.0 Å². The molecule has 0 amide bonds. The van der Waals surface area contributed by atoms with E-state index in [2.05, 4.69) is 47.1 Å². The molecule has 1 aromatic heterocycles. The molecule has 106 valence electrons. The van der Waals surface area contributed by atoms with Crippen molar-refractivity contribution < 1.29 is 0 Å². The molecule has 1 aliphatic heterocycles. The van der Waals surface area contributed by atoms with Crippen LogP contribution in [0, 0.1) is 12.8 Å². The Balaban J connectivity index is 1.76. The number of benzene rings is 1. The predicted octanol–water partition coefficient (Wildman–Crippen LogP) is 2.71. The molecule has 3 heteroatoms. The number of fused-ring (bicyclic) bond motifs is 1. The molecular weight excluding hydrogens is 246 g/mol. The first-order chi connectivity index (χ1) is 9.61. The highest BCUT2D eigenvalue weighted by molar-refractivity contribution is 5.79. The Labute approximate surface area is 120 Å². The zero-order valence-electron chi connectivity index (χ0n) is 12.3. The number of piperidine rings is 1. The largest absolute Gasteiger partial charge is 0.326 e. The van der Waals surface area contributed by atoms with Crippen molar-refractivity contribution in [3.63, 3.8) is 0 Å². The van der Waals surface area contributed by atoms with Gasteiger partial charge in [-0.25, -0.2) is 0 Å². The zero-order chi connectivity index (χ0) is 14.1. The summed E-state index contributed by atoms with van der Waals surface area (Å²) in [5.41, 5.74) is 9.68. The minimum absolute atomic E-state index is 0.313. The molecule has 0 bridgehead atoms. The molecule has 2 aromatic rings. The van der Waals surface area contributed by atoms with E-state index < -0.39 is 0 Å². The van der Waals surface area contributed by atoms with Crippen molar-refractivity contribution in [1.82, 2.24) is 9.88 Å². The molecule has 2 heterocycles. The van der Waals surface area contributed by atoms with Crippen LogP contribution in [0.2, 0.25) is 0 Å². The van der Waals surface area contributed by atoms with E-state index in [-0.39, 0.29) is 0 Å². The lowest BCUT2D eigenvalue weighted by Gasteiger charge is -2.35. The van der Waals surface area contributed by atoms with Crippen LogP contribution in [-0.2, 0) is 6.54 Å². The molecule has 2 atom stereocenters. The van der Waals surface area contributed by atoms with Gasteiger partial charge in [0.25, 0.3) is 0 Å². The number of rotatable bonds is 2. The van der Waals surface area contributed by atoms with Crippen LogP contribution in [0.25, 0.3) is 10.9 Å². The second-order valence-corrected chi connectivity index (χ2v) is 6.14. The Kier molecular flexibility index (Phi) is 3.72. The van der Waals surface area contributed by atoms with Gasteiger partial charge in [0.1, 0.15) is 0 Å². The van der Waals surface area contributed by atoms with Crippen LogP contribution < -0.4 is 5.73 Å². The molecule has 1 saturated heterocycles. The van der Waals surface area contributed by atoms with E-state index in [1.54, 1.807) is 0 Å². The highest BCUT2D eigenvalue weighted by Crippen LogP contribution is 2.20. The van der Waals surface area contributed by atoms with E-state index in [9.17, 15) is 0 Å². The maximum Gasteiger partial charge on any atom is 0.0705 e. The maximum absolute atomic E-state index is 6.18. The van der Waals surface area contributed by atoms with Crippen molar-refractivity contribution in [3.05, 3.63) is 41.6 Å². The van der Waals surface area contributed by atoms with Crippen molar-refractivity contribution in [2.45, 2.75) is 32.9 Å². The van der Waals surface area contributed by atoms with Crippen molar-refractivity contribution >= 4 is 10.9 Å². The lowest BCUT2D eigenvalue weighted by atomic mass is 9.94. The normalized spacial score (nSPS) is 24.1. The first-order valence-corrected chi connectivity index (χ1v) is 7.46. The lowest BCUT2D eigenvalue weighted by Crippen LogP contribution is -2.47. The van der Waals surface area contributed by atoms with Gasteiger partial charge in [0, 0.05) is 30.2 Å². The van der Waals surface area contributed by atoms with Crippen molar-refractivity contribution in [2.75, 3.05) is 13.1 Å². The number of likely N-dealkylation sites (tertiary alicyclic amines) is 1. The number of hydrogen-bond donors (Lipinski definition) is 1. The van der Waals surface area contributed by atoms with Crippen LogP contribution in [-0.4, -0.2) is 29.0 Å². The van der Waals surface area contributed by atoms with E-state index in [1.165, 1.54) is 17.4 Å². The minimum Gasteiger partial charge on any atom is -0.326 e. The SMILES string of the molecule is Cc1ccc2cc(CN3CCC(C)C(N)C3)ccc2n1. The van der Waals surface area contributed by atoms with Crippen LogP contribution in [0.5, 0.6) is 0 Å². The van der Waals surface area contributed by atoms with Gasteiger partial charge in [-0.05, 0) is 49.6 Å². The van der Waals surface area contributed by atoms with E-state index >= 15 is 0 Å². The van der Waals surface area contributed by atoms with E-state index in [4.69, 9.17) is 5.73 Å². The quantitative estimate of drug-likeness (QED) is 0.911. The van der Waals surface area contributed by atoms with Crippen LogP contribution in [0.3, 0.4) is 0 Å². The summed E-state index contributed by atoms with van der Waals surface area (Å²) in [6, 6.07) is 11.1. The summed E-state index contributed by atoms with van der Waals surface area (Å²) in [5.74, 6) is 0.648. The molecule has 0 saturated carbocycles. The summed E-state index contributed by atoms with van der Waals surface area (Å²) in [5, 5.41) is 1.22. The molecule has 0 radical (unpaired) electrons. The zero-order valence-corrected chi connectivity index (χ0v) is 12.3. The van der Waals surface area contributed by atoms with E-state index in [0.717, 1.165) is 30.8 Å². The highest BCUT2D eigenvalue weighted by atomic mass is 15.1. The van der Waals surface area contributed by atoms with Crippen LogP contribution in [0.1, 0.15) is 24.6 Å². The first-order valence-electron chi connectivity index (χ1n) is 7.46. The minimum atomic E-state index is 0.313. The van der Waals surface area contributed by atoms with Gasteiger partial charge in [-0.3, -0.25) is 9.88 Å². The Hall–Kier alpha value is -1.45. The van der Waals surface area contributed by atoms with Gasteiger partial charge in [-0.15, -0.1) is 0 Å². The Bertz CT molecular complexity index is 608. The fraction of sp³-hybridized carbons (Fsp3) is 0.471. The summed E-state index contributed by atoms with van der Waals surface area (Å²) < 4.78 is 0. The summed E-state index contributed by atoms with van der Waals surface area (Å²) >= 11 is 0. The summed E-state index contributed by atoms with van der Waals surface area (Å²) in [4.78, 5) is 7.02. The predicted molar refractivity (Wildman–Crippen MR) is 83.5 cm³/mol. The highest BCUT2D eigenvalue weighted by Gasteiger charge is 2.22. The topological polar surface area (TPSA) is 42.1 Å². The summed E-state index contributed by atoms with van der Waals surface area (Å²) in [6.07, 6.45) is 1.20. The molecule has 3 rings (SSSR count). The molecule has 2 unspecified atom stereocenters. The van der Waals surface area contributed by atoms with Crippen molar-refractivity contribution in [3.8, 4) is 0 Å². The molecular formula is C17H23N3. The van der Waals surface area contributed by atoms with Crippen LogP contribution in [0.15, 0.2) is 30.3 Å². The molecule has 1 aromatic carbocycles. The molecule has 1 aliphatic rings. The molecule has 20 heavy (non-hydrogen) atoms. The standard InChI is InChI=1S/C17H23N3/c1-12-7-8-20(11-16(12)18)10-14-4-6-17-15(9-14)5-3-13(2)19-17/h3-6,9,12,16H,7-8,10-11,18H2,1-2H3. The smallest absolute Gasteiger partial charge is 0.0705 e. The van der Waals surface area contributed by atoms with Gasteiger partial charge >= 0.3 is 0 Å². The maximum atomic E-state index is 6.18. The third kappa shape index (κ3) is 2.84. The van der Waals surface area contributed by atoms with Gasteiger partial charge in [0.05, 0.1) is 5.52 Å². The first kappa shape index (κ1) is 13.5. The molecule has 3 nitrogen and oxygen atoms in total. The average molecular weight is 269 g/mol. The number of pyridine rings is 1. The third-order valence-corrected chi connectivity index (χ3v) is 4.40. The number of aromatic nitrogens is 1. The fourth-order valence-corrected chi connectivity index (χ4v) is 2.95. The van der Waals surface area contributed by atoms with Gasteiger partial charge in [-0.1, -0.05) is 19.1 Å². The second kappa shape index (κ2) is 5.51. The molecule has 1 fully saturated rings. The van der Waals surface area contributed by atoms with Gasteiger partial charge in [0.2, 0.25) is 0 Å².